The van der Waals surface area contributed by atoms with Gasteiger partial charge in [0.05, 0.1) is 26.9 Å². The normalized spacial score (nSPS) is 13.7. The summed E-state index contributed by atoms with van der Waals surface area (Å²) in [5.74, 6) is 1.84. The van der Waals surface area contributed by atoms with Crippen molar-refractivity contribution in [1.82, 2.24) is 5.32 Å². The molecule has 20 heavy (non-hydrogen) atoms. The zero-order valence-electron chi connectivity index (χ0n) is 12.9. The first kappa shape index (κ1) is 16.6. The van der Waals surface area contributed by atoms with Gasteiger partial charge in [-0.05, 0) is 31.0 Å². The molecule has 0 saturated heterocycles. The Morgan fingerprint density at radius 1 is 1.10 bits per heavy atom. The van der Waals surface area contributed by atoms with Crippen LogP contribution in [0.5, 0.6) is 17.2 Å². The van der Waals surface area contributed by atoms with E-state index in [-0.39, 0.29) is 0 Å². The van der Waals surface area contributed by atoms with Gasteiger partial charge in [-0.1, -0.05) is 6.92 Å². The second-order valence-corrected chi connectivity index (χ2v) is 4.99. The molecule has 0 saturated carbocycles. The maximum absolute atomic E-state index is 9.95. The summed E-state index contributed by atoms with van der Waals surface area (Å²) in [4.78, 5) is 0. The van der Waals surface area contributed by atoms with Gasteiger partial charge in [-0.25, -0.2) is 0 Å². The van der Waals surface area contributed by atoms with Gasteiger partial charge < -0.3 is 24.6 Å². The summed E-state index contributed by atoms with van der Waals surface area (Å²) in [7, 11) is 4.77. The first-order chi connectivity index (χ1) is 9.47. The summed E-state index contributed by atoms with van der Waals surface area (Å²) >= 11 is 0. The van der Waals surface area contributed by atoms with Crippen LogP contribution < -0.4 is 19.5 Å². The molecule has 0 spiro atoms. The highest BCUT2D eigenvalue weighted by atomic mass is 16.5. The van der Waals surface area contributed by atoms with E-state index < -0.39 is 5.60 Å². The van der Waals surface area contributed by atoms with E-state index in [1.165, 1.54) is 0 Å². The van der Waals surface area contributed by atoms with Crippen molar-refractivity contribution in [3.8, 4) is 17.2 Å². The van der Waals surface area contributed by atoms with Crippen LogP contribution in [0.25, 0.3) is 0 Å². The molecule has 0 radical (unpaired) electrons. The van der Waals surface area contributed by atoms with Gasteiger partial charge in [0.2, 0.25) is 5.75 Å². The Bertz CT molecular complexity index is 407. The van der Waals surface area contributed by atoms with Crippen LogP contribution in [0, 0.1) is 0 Å². The third-order valence-corrected chi connectivity index (χ3v) is 3.32. The highest BCUT2D eigenvalue weighted by Gasteiger charge is 2.17. The summed E-state index contributed by atoms with van der Waals surface area (Å²) in [5, 5.41) is 13.2. The predicted molar refractivity (Wildman–Crippen MR) is 78.7 cm³/mol. The average molecular weight is 283 g/mol. The fourth-order valence-corrected chi connectivity index (χ4v) is 1.84. The molecule has 0 heterocycles. The zero-order valence-corrected chi connectivity index (χ0v) is 12.9. The standard InChI is InChI=1S/C15H25NO4/c1-6-15(2,17)10-16-9-11-7-12(18-3)14(20-5)13(8-11)19-4/h7-8,16-17H,6,9-10H2,1-5H3. The fourth-order valence-electron chi connectivity index (χ4n) is 1.84. The lowest BCUT2D eigenvalue weighted by atomic mass is 10.0. The van der Waals surface area contributed by atoms with Crippen LogP contribution in [0.3, 0.4) is 0 Å². The molecule has 114 valence electrons. The number of ether oxygens (including phenoxy) is 3. The quantitative estimate of drug-likeness (QED) is 0.764. The zero-order chi connectivity index (χ0) is 15.2. The van der Waals surface area contributed by atoms with Crippen molar-refractivity contribution >= 4 is 0 Å². The first-order valence-corrected chi connectivity index (χ1v) is 6.69. The second kappa shape index (κ2) is 7.36. The van der Waals surface area contributed by atoms with Gasteiger partial charge in [0.15, 0.2) is 11.5 Å². The van der Waals surface area contributed by atoms with Gasteiger partial charge in [-0.3, -0.25) is 0 Å². The lowest BCUT2D eigenvalue weighted by Gasteiger charge is -2.22. The van der Waals surface area contributed by atoms with E-state index in [0.717, 1.165) is 5.56 Å². The Labute approximate surface area is 120 Å². The van der Waals surface area contributed by atoms with Crippen molar-refractivity contribution < 1.29 is 19.3 Å². The Kier molecular flexibility index (Phi) is 6.10. The molecule has 5 heteroatoms. The van der Waals surface area contributed by atoms with Gasteiger partial charge in [0.25, 0.3) is 0 Å². The van der Waals surface area contributed by atoms with E-state index in [9.17, 15) is 5.11 Å². The van der Waals surface area contributed by atoms with Crippen LogP contribution in [-0.4, -0.2) is 38.6 Å². The van der Waals surface area contributed by atoms with Crippen molar-refractivity contribution in [1.29, 1.82) is 0 Å². The van der Waals surface area contributed by atoms with Crippen LogP contribution in [0.15, 0.2) is 12.1 Å². The molecule has 1 rings (SSSR count). The lowest BCUT2D eigenvalue weighted by molar-refractivity contribution is 0.0555. The van der Waals surface area contributed by atoms with E-state index in [1.807, 2.05) is 26.0 Å². The summed E-state index contributed by atoms with van der Waals surface area (Å²) in [6, 6.07) is 3.80. The molecule has 1 aromatic carbocycles. The molecule has 0 aromatic heterocycles. The Hall–Kier alpha value is -1.46. The van der Waals surface area contributed by atoms with E-state index >= 15 is 0 Å². The second-order valence-electron chi connectivity index (χ2n) is 4.99. The molecular weight excluding hydrogens is 258 g/mol. The fraction of sp³-hybridized carbons (Fsp3) is 0.600. The third-order valence-electron chi connectivity index (χ3n) is 3.32. The van der Waals surface area contributed by atoms with Crippen LogP contribution in [0.2, 0.25) is 0 Å². The molecule has 5 nitrogen and oxygen atoms in total. The van der Waals surface area contributed by atoms with Crippen molar-refractivity contribution in [3.63, 3.8) is 0 Å². The van der Waals surface area contributed by atoms with Crippen molar-refractivity contribution in [2.45, 2.75) is 32.4 Å². The molecule has 2 N–H and O–H groups in total. The maximum Gasteiger partial charge on any atom is 0.203 e. The molecule has 0 amide bonds. The molecule has 0 fully saturated rings. The van der Waals surface area contributed by atoms with Crippen molar-refractivity contribution in [3.05, 3.63) is 17.7 Å². The molecule has 1 aromatic rings. The number of nitrogens with one attached hydrogen (secondary N) is 1. The molecule has 0 aliphatic rings. The predicted octanol–water partition coefficient (Wildman–Crippen LogP) is 1.96. The van der Waals surface area contributed by atoms with E-state index in [1.54, 1.807) is 21.3 Å². The van der Waals surface area contributed by atoms with Crippen molar-refractivity contribution in [2.24, 2.45) is 0 Å². The molecule has 0 aliphatic heterocycles. The van der Waals surface area contributed by atoms with Gasteiger partial charge in [0.1, 0.15) is 0 Å². The molecule has 0 aliphatic carbocycles. The minimum Gasteiger partial charge on any atom is -0.493 e. The number of rotatable bonds is 8. The SMILES string of the molecule is CCC(C)(O)CNCc1cc(OC)c(OC)c(OC)c1. The Balaban J connectivity index is 2.81. The van der Waals surface area contributed by atoms with Gasteiger partial charge >= 0.3 is 0 Å². The lowest BCUT2D eigenvalue weighted by Crippen LogP contribution is -2.36. The Morgan fingerprint density at radius 2 is 1.65 bits per heavy atom. The van der Waals surface area contributed by atoms with Crippen LogP contribution >= 0.6 is 0 Å². The molecular formula is C15H25NO4. The number of benzene rings is 1. The van der Waals surface area contributed by atoms with E-state index in [0.29, 0.717) is 36.8 Å². The topological polar surface area (TPSA) is 60.0 Å². The third kappa shape index (κ3) is 4.28. The summed E-state index contributed by atoms with van der Waals surface area (Å²) in [6.45, 7) is 4.92. The number of aliphatic hydroxyl groups is 1. The number of hydrogen-bond acceptors (Lipinski definition) is 5. The molecule has 1 unspecified atom stereocenters. The van der Waals surface area contributed by atoms with Gasteiger partial charge in [-0.2, -0.15) is 0 Å². The van der Waals surface area contributed by atoms with Gasteiger partial charge in [-0.15, -0.1) is 0 Å². The summed E-state index contributed by atoms with van der Waals surface area (Å²) < 4.78 is 15.9. The largest absolute Gasteiger partial charge is 0.493 e. The Morgan fingerprint density at radius 3 is 2.05 bits per heavy atom. The van der Waals surface area contributed by atoms with Crippen LogP contribution in [0.1, 0.15) is 25.8 Å². The first-order valence-electron chi connectivity index (χ1n) is 6.69. The van der Waals surface area contributed by atoms with E-state index in [2.05, 4.69) is 5.32 Å². The minimum absolute atomic E-state index is 0.528. The maximum atomic E-state index is 9.95. The van der Waals surface area contributed by atoms with Crippen molar-refractivity contribution in [2.75, 3.05) is 27.9 Å². The number of methoxy groups -OCH3 is 3. The minimum atomic E-state index is -0.694. The van der Waals surface area contributed by atoms with Crippen LogP contribution in [-0.2, 0) is 6.54 Å². The highest BCUT2D eigenvalue weighted by molar-refractivity contribution is 5.53. The smallest absolute Gasteiger partial charge is 0.203 e. The number of hydrogen-bond donors (Lipinski definition) is 2. The molecule has 0 bridgehead atoms. The van der Waals surface area contributed by atoms with E-state index in [4.69, 9.17) is 14.2 Å². The van der Waals surface area contributed by atoms with Crippen LogP contribution in [0.4, 0.5) is 0 Å². The highest BCUT2D eigenvalue weighted by Crippen LogP contribution is 2.38. The summed E-state index contributed by atoms with van der Waals surface area (Å²) in [6.07, 6.45) is 0.704. The summed E-state index contributed by atoms with van der Waals surface area (Å²) in [5.41, 5.74) is 0.312. The average Bonchev–Trinajstić information content (AvgIpc) is 2.45. The monoisotopic (exact) mass is 283 g/mol. The van der Waals surface area contributed by atoms with Gasteiger partial charge in [0, 0.05) is 13.1 Å². The molecule has 1 atom stereocenters.